The van der Waals surface area contributed by atoms with Gasteiger partial charge in [-0.3, -0.25) is 4.79 Å². The Kier molecular flexibility index (Phi) is 2.50. The Morgan fingerprint density at radius 1 is 1.50 bits per heavy atom. The zero-order chi connectivity index (χ0) is 9.97. The summed E-state index contributed by atoms with van der Waals surface area (Å²) >= 11 is 5.61. The summed E-state index contributed by atoms with van der Waals surface area (Å²) in [5.41, 5.74) is 1.24. The summed E-state index contributed by atoms with van der Waals surface area (Å²) in [6.45, 7) is 0.585. The van der Waals surface area contributed by atoms with Crippen molar-refractivity contribution in [3.05, 3.63) is 40.9 Å². The number of rotatable bonds is 2. The third kappa shape index (κ3) is 1.77. The number of ether oxygens (including phenoxy) is 1. The van der Waals surface area contributed by atoms with Crippen LogP contribution in [-0.4, -0.2) is 17.4 Å². The van der Waals surface area contributed by atoms with E-state index in [9.17, 15) is 4.79 Å². The summed E-state index contributed by atoms with van der Waals surface area (Å²) in [5, 5.41) is 0.387. The smallest absolute Gasteiger partial charge is 0.193 e. The second kappa shape index (κ2) is 3.80. The standard InChI is InChI=1S/C10H8ClNO2/c11-9-2-1-7(5-12-9)10(13)8-3-4-14-6-8/h1-2,5-6H,3-4H2. The van der Waals surface area contributed by atoms with Crippen molar-refractivity contribution in [2.24, 2.45) is 0 Å². The molecule has 0 aromatic carbocycles. The summed E-state index contributed by atoms with van der Waals surface area (Å²) in [5.74, 6) is -0.0355. The molecule has 2 rings (SSSR count). The van der Waals surface area contributed by atoms with Crippen LogP contribution in [-0.2, 0) is 4.74 Å². The Bertz CT molecular complexity index is 384. The minimum atomic E-state index is -0.0355. The first-order chi connectivity index (χ1) is 6.77. The van der Waals surface area contributed by atoms with Gasteiger partial charge in [-0.25, -0.2) is 4.98 Å². The van der Waals surface area contributed by atoms with E-state index in [0.29, 0.717) is 29.3 Å². The normalized spacial score (nSPS) is 14.8. The van der Waals surface area contributed by atoms with Crippen LogP contribution in [0.2, 0.25) is 5.15 Å². The van der Waals surface area contributed by atoms with Crippen LogP contribution in [0.4, 0.5) is 0 Å². The van der Waals surface area contributed by atoms with E-state index < -0.39 is 0 Å². The van der Waals surface area contributed by atoms with Crippen LogP contribution in [0, 0.1) is 0 Å². The minimum absolute atomic E-state index is 0.0355. The highest BCUT2D eigenvalue weighted by atomic mass is 35.5. The number of halogens is 1. The van der Waals surface area contributed by atoms with Gasteiger partial charge in [0.2, 0.25) is 0 Å². The Hall–Kier alpha value is -1.35. The maximum atomic E-state index is 11.7. The molecular weight excluding hydrogens is 202 g/mol. The van der Waals surface area contributed by atoms with Crippen LogP contribution in [0.3, 0.4) is 0 Å². The SMILES string of the molecule is O=C(C1=COCC1)c1ccc(Cl)nc1. The fourth-order valence-corrected chi connectivity index (χ4v) is 1.36. The molecule has 0 radical (unpaired) electrons. The van der Waals surface area contributed by atoms with Crippen molar-refractivity contribution in [1.29, 1.82) is 0 Å². The predicted molar refractivity (Wildman–Crippen MR) is 52.2 cm³/mol. The molecular formula is C10H8ClNO2. The van der Waals surface area contributed by atoms with Gasteiger partial charge in [0.15, 0.2) is 5.78 Å². The fraction of sp³-hybridized carbons (Fsp3) is 0.200. The van der Waals surface area contributed by atoms with Gasteiger partial charge in [-0.2, -0.15) is 0 Å². The Morgan fingerprint density at radius 2 is 2.36 bits per heavy atom. The van der Waals surface area contributed by atoms with Gasteiger partial charge >= 0.3 is 0 Å². The quantitative estimate of drug-likeness (QED) is 0.554. The molecule has 1 aromatic rings. The molecule has 1 aromatic heterocycles. The van der Waals surface area contributed by atoms with E-state index in [4.69, 9.17) is 16.3 Å². The topological polar surface area (TPSA) is 39.2 Å². The monoisotopic (exact) mass is 209 g/mol. The molecule has 1 aliphatic heterocycles. The van der Waals surface area contributed by atoms with E-state index in [1.54, 1.807) is 12.1 Å². The molecule has 0 amide bonds. The molecule has 0 atom stereocenters. The summed E-state index contributed by atoms with van der Waals surface area (Å²) < 4.78 is 4.99. The maximum absolute atomic E-state index is 11.7. The van der Waals surface area contributed by atoms with Gasteiger partial charge in [0.1, 0.15) is 5.15 Å². The lowest BCUT2D eigenvalue weighted by Crippen LogP contribution is -2.02. The fourth-order valence-electron chi connectivity index (χ4n) is 1.25. The van der Waals surface area contributed by atoms with Crippen LogP contribution in [0.5, 0.6) is 0 Å². The van der Waals surface area contributed by atoms with Crippen LogP contribution in [0.15, 0.2) is 30.2 Å². The molecule has 0 aliphatic carbocycles. The second-order valence-corrected chi connectivity index (χ2v) is 3.35. The Labute approximate surface area is 86.4 Å². The molecule has 2 heterocycles. The highest BCUT2D eigenvalue weighted by Crippen LogP contribution is 2.16. The zero-order valence-electron chi connectivity index (χ0n) is 7.37. The molecule has 1 aliphatic rings. The Balaban J connectivity index is 2.22. The second-order valence-electron chi connectivity index (χ2n) is 2.96. The van der Waals surface area contributed by atoms with Crippen LogP contribution < -0.4 is 0 Å². The number of pyridine rings is 1. The molecule has 3 nitrogen and oxygen atoms in total. The van der Waals surface area contributed by atoms with E-state index in [1.165, 1.54) is 12.5 Å². The van der Waals surface area contributed by atoms with Crippen LogP contribution >= 0.6 is 11.6 Å². The summed E-state index contributed by atoms with van der Waals surface area (Å²) in [6.07, 6.45) is 3.65. The van der Waals surface area contributed by atoms with Crippen molar-refractivity contribution in [3.8, 4) is 0 Å². The zero-order valence-corrected chi connectivity index (χ0v) is 8.12. The van der Waals surface area contributed by atoms with E-state index in [-0.39, 0.29) is 5.78 Å². The van der Waals surface area contributed by atoms with Crippen molar-refractivity contribution in [2.45, 2.75) is 6.42 Å². The molecule has 0 bridgehead atoms. The summed E-state index contributed by atoms with van der Waals surface area (Å²) in [6, 6.07) is 3.27. The van der Waals surface area contributed by atoms with Gasteiger partial charge in [0, 0.05) is 23.8 Å². The number of hydrogen-bond donors (Lipinski definition) is 0. The first kappa shape index (κ1) is 9.21. The van der Waals surface area contributed by atoms with E-state index >= 15 is 0 Å². The van der Waals surface area contributed by atoms with E-state index in [0.717, 1.165) is 0 Å². The first-order valence-corrected chi connectivity index (χ1v) is 4.62. The van der Waals surface area contributed by atoms with Crippen molar-refractivity contribution < 1.29 is 9.53 Å². The van der Waals surface area contributed by atoms with Crippen molar-refractivity contribution in [1.82, 2.24) is 4.98 Å². The Morgan fingerprint density at radius 3 is 2.93 bits per heavy atom. The molecule has 0 spiro atoms. The molecule has 0 unspecified atom stereocenters. The molecule has 0 N–H and O–H groups in total. The molecule has 14 heavy (non-hydrogen) atoms. The lowest BCUT2D eigenvalue weighted by Gasteiger charge is -1.98. The van der Waals surface area contributed by atoms with Crippen molar-refractivity contribution in [2.75, 3.05) is 6.61 Å². The summed E-state index contributed by atoms with van der Waals surface area (Å²) in [7, 11) is 0. The van der Waals surface area contributed by atoms with Gasteiger partial charge in [0.25, 0.3) is 0 Å². The summed E-state index contributed by atoms with van der Waals surface area (Å²) in [4.78, 5) is 15.6. The van der Waals surface area contributed by atoms with Crippen LogP contribution in [0.25, 0.3) is 0 Å². The van der Waals surface area contributed by atoms with E-state index in [1.807, 2.05) is 0 Å². The van der Waals surface area contributed by atoms with Crippen molar-refractivity contribution in [3.63, 3.8) is 0 Å². The number of hydrogen-bond acceptors (Lipinski definition) is 3. The third-order valence-electron chi connectivity index (χ3n) is 2.00. The van der Waals surface area contributed by atoms with Crippen LogP contribution in [0.1, 0.15) is 16.8 Å². The van der Waals surface area contributed by atoms with Crippen molar-refractivity contribution >= 4 is 17.4 Å². The molecule has 0 saturated carbocycles. The lowest BCUT2D eigenvalue weighted by atomic mass is 10.1. The largest absolute Gasteiger partial charge is 0.500 e. The predicted octanol–water partition coefficient (Wildman–Crippen LogP) is 2.22. The minimum Gasteiger partial charge on any atom is -0.500 e. The maximum Gasteiger partial charge on any atom is 0.193 e. The number of aromatic nitrogens is 1. The molecule has 4 heteroatoms. The van der Waals surface area contributed by atoms with Gasteiger partial charge in [-0.15, -0.1) is 0 Å². The lowest BCUT2D eigenvalue weighted by molar-refractivity contribution is 0.103. The third-order valence-corrected chi connectivity index (χ3v) is 2.22. The number of carbonyl (C=O) groups is 1. The number of ketones is 1. The average Bonchev–Trinajstić information content (AvgIpc) is 2.71. The van der Waals surface area contributed by atoms with E-state index in [2.05, 4.69) is 4.98 Å². The molecule has 0 saturated heterocycles. The van der Waals surface area contributed by atoms with Gasteiger partial charge < -0.3 is 4.74 Å². The average molecular weight is 210 g/mol. The number of Topliss-reactive ketones (excluding diaryl/α,β-unsaturated/α-hetero) is 1. The van der Waals surface area contributed by atoms with Gasteiger partial charge in [0.05, 0.1) is 12.9 Å². The highest BCUT2D eigenvalue weighted by molar-refractivity contribution is 6.29. The first-order valence-electron chi connectivity index (χ1n) is 4.24. The highest BCUT2D eigenvalue weighted by Gasteiger charge is 2.16. The molecule has 72 valence electrons. The van der Waals surface area contributed by atoms with Gasteiger partial charge in [-0.05, 0) is 12.1 Å². The number of carbonyl (C=O) groups excluding carboxylic acids is 1. The molecule has 0 fully saturated rings. The van der Waals surface area contributed by atoms with Gasteiger partial charge in [-0.1, -0.05) is 11.6 Å². The number of nitrogens with zero attached hydrogens (tertiary/aromatic N) is 1.